The van der Waals surface area contributed by atoms with E-state index in [1.807, 2.05) is 31.3 Å². The van der Waals surface area contributed by atoms with Crippen LogP contribution in [0.5, 0.6) is 0 Å². The predicted molar refractivity (Wildman–Crippen MR) is 145 cm³/mol. The van der Waals surface area contributed by atoms with Gasteiger partial charge in [0.15, 0.2) is 0 Å². The van der Waals surface area contributed by atoms with E-state index in [0.29, 0.717) is 17.4 Å². The summed E-state index contributed by atoms with van der Waals surface area (Å²) in [5, 5.41) is 11.3. The molecule has 5 rings (SSSR count). The summed E-state index contributed by atoms with van der Waals surface area (Å²) in [5.74, 6) is 0.618. The highest BCUT2D eigenvalue weighted by atomic mass is 32.2. The Morgan fingerprint density at radius 3 is 2.63 bits per heavy atom. The van der Waals surface area contributed by atoms with Crippen molar-refractivity contribution in [2.24, 2.45) is 0 Å². The average molecular weight is 483 g/mol. The van der Waals surface area contributed by atoms with Crippen LogP contribution in [0, 0.1) is 25.2 Å². The molecule has 2 aromatic carbocycles. The largest absolute Gasteiger partial charge is 0.336 e. The van der Waals surface area contributed by atoms with E-state index in [4.69, 9.17) is 0 Å². The van der Waals surface area contributed by atoms with E-state index in [1.54, 1.807) is 0 Å². The van der Waals surface area contributed by atoms with E-state index >= 15 is 0 Å². The van der Waals surface area contributed by atoms with Crippen molar-refractivity contribution in [2.75, 3.05) is 10.5 Å². The van der Waals surface area contributed by atoms with Crippen molar-refractivity contribution in [1.29, 1.82) is 5.26 Å². The van der Waals surface area contributed by atoms with Gasteiger partial charge in [-0.05, 0) is 81.0 Å². The average Bonchev–Trinajstić information content (AvgIpc) is 3.11. The molecule has 1 aliphatic carbocycles. The predicted octanol–water partition coefficient (Wildman–Crippen LogP) is 7.07. The van der Waals surface area contributed by atoms with Gasteiger partial charge in [0.2, 0.25) is 0 Å². The van der Waals surface area contributed by atoms with Gasteiger partial charge in [0, 0.05) is 40.2 Å². The summed E-state index contributed by atoms with van der Waals surface area (Å²) < 4.78 is 17.7. The van der Waals surface area contributed by atoms with Crippen LogP contribution in [0.2, 0.25) is 0 Å². The fraction of sp³-hybridized carbons (Fsp3) is 0.310. The molecule has 1 aliphatic rings. The summed E-state index contributed by atoms with van der Waals surface area (Å²) in [7, 11) is -1.09. The molecule has 1 saturated carbocycles. The van der Waals surface area contributed by atoms with Gasteiger partial charge in [-0.1, -0.05) is 25.1 Å². The number of nitrogens with zero attached hydrogens (tertiary/aromatic N) is 3. The molecule has 35 heavy (non-hydrogen) atoms. The van der Waals surface area contributed by atoms with E-state index in [2.05, 4.69) is 64.5 Å². The Bertz CT molecular complexity index is 1480. The third-order valence-electron chi connectivity index (χ3n) is 6.87. The number of nitriles is 1. The number of hydrogen-bond donors (Lipinski definition) is 1. The molecule has 178 valence electrons. The number of anilines is 1. The molecule has 6 heteroatoms. The topological polar surface area (TPSA) is 70.7 Å². The van der Waals surface area contributed by atoms with Crippen LogP contribution in [0.25, 0.3) is 33.4 Å². The van der Waals surface area contributed by atoms with Crippen molar-refractivity contribution in [2.45, 2.75) is 52.5 Å². The van der Waals surface area contributed by atoms with Crippen molar-refractivity contribution in [3.63, 3.8) is 0 Å². The molecule has 1 fully saturated rings. The zero-order valence-electron chi connectivity index (χ0n) is 20.5. The lowest BCUT2D eigenvalue weighted by Crippen LogP contribution is -2.18. The minimum atomic E-state index is -1.09. The molecule has 1 unspecified atom stereocenters. The molecular weight excluding hydrogens is 452 g/mol. The van der Waals surface area contributed by atoms with Crippen LogP contribution < -0.4 is 4.72 Å². The quantitative estimate of drug-likeness (QED) is 0.306. The summed E-state index contributed by atoms with van der Waals surface area (Å²) >= 11 is 0. The summed E-state index contributed by atoms with van der Waals surface area (Å²) in [6.07, 6.45) is 6.14. The van der Waals surface area contributed by atoms with Gasteiger partial charge in [-0.3, -0.25) is 4.98 Å². The Morgan fingerprint density at radius 1 is 1.14 bits per heavy atom. The normalized spacial score (nSPS) is 14.5. The van der Waals surface area contributed by atoms with Gasteiger partial charge in [0.05, 0.1) is 22.5 Å². The maximum absolute atomic E-state index is 12.2. The molecule has 1 atom stereocenters. The molecule has 0 saturated heterocycles. The second-order valence-corrected chi connectivity index (χ2v) is 10.7. The van der Waals surface area contributed by atoms with E-state index in [9.17, 15) is 9.47 Å². The van der Waals surface area contributed by atoms with Gasteiger partial charge in [0.1, 0.15) is 17.1 Å². The molecule has 0 radical (unpaired) electrons. The number of pyridine rings is 1. The molecule has 4 aromatic rings. The van der Waals surface area contributed by atoms with Gasteiger partial charge in [-0.15, -0.1) is 0 Å². The Labute approximate surface area is 209 Å². The van der Waals surface area contributed by atoms with Crippen LogP contribution >= 0.6 is 0 Å². The van der Waals surface area contributed by atoms with E-state index < -0.39 is 11.0 Å². The molecule has 0 spiro atoms. The zero-order valence-corrected chi connectivity index (χ0v) is 21.3. The summed E-state index contributed by atoms with van der Waals surface area (Å²) in [6, 6.07) is 19.4. The van der Waals surface area contributed by atoms with Crippen molar-refractivity contribution in [3.8, 4) is 28.6 Å². The first-order chi connectivity index (χ1) is 17.0. The van der Waals surface area contributed by atoms with Crippen LogP contribution in [-0.4, -0.2) is 19.5 Å². The fourth-order valence-corrected chi connectivity index (χ4v) is 5.79. The first-order valence-electron chi connectivity index (χ1n) is 12.3. The summed E-state index contributed by atoms with van der Waals surface area (Å²) in [6.45, 7) is 6.16. The van der Waals surface area contributed by atoms with Crippen LogP contribution in [0.3, 0.4) is 0 Å². The van der Waals surface area contributed by atoms with Crippen LogP contribution in [0.15, 0.2) is 54.7 Å². The van der Waals surface area contributed by atoms with Crippen LogP contribution in [-0.2, 0) is 11.0 Å². The maximum atomic E-state index is 12.2. The second-order valence-electron chi connectivity index (χ2n) is 9.42. The number of aryl methyl sites for hydroxylation is 2. The smallest absolute Gasteiger partial charge is 0.117 e. The molecule has 2 aromatic heterocycles. The molecular formula is C29H30N4OS. The highest BCUT2D eigenvalue weighted by Crippen LogP contribution is 2.44. The van der Waals surface area contributed by atoms with Gasteiger partial charge in [-0.2, -0.15) is 5.26 Å². The lowest BCUT2D eigenvalue weighted by molar-refractivity contribution is 0.324. The van der Waals surface area contributed by atoms with Gasteiger partial charge in [0.25, 0.3) is 0 Å². The van der Waals surface area contributed by atoms with Gasteiger partial charge in [-0.25, -0.2) is 4.21 Å². The lowest BCUT2D eigenvalue weighted by Gasteiger charge is -2.30. The Morgan fingerprint density at radius 2 is 1.97 bits per heavy atom. The first kappa shape index (κ1) is 23.3. The van der Waals surface area contributed by atoms with E-state index in [0.717, 1.165) is 63.9 Å². The molecule has 5 nitrogen and oxygen atoms in total. The minimum absolute atomic E-state index is 0.379. The van der Waals surface area contributed by atoms with Crippen molar-refractivity contribution >= 4 is 27.6 Å². The zero-order chi connectivity index (χ0) is 24.5. The van der Waals surface area contributed by atoms with Crippen molar-refractivity contribution in [3.05, 3.63) is 71.4 Å². The molecule has 0 amide bonds. The SMILES string of the molecule is CCCS(=O)Nc1ccc(-c2c(C#N)c3ccc(-c4cc(C)ccn4)cc3n2C2CCC2)c(C)c1. The maximum Gasteiger partial charge on any atom is 0.117 e. The van der Waals surface area contributed by atoms with Crippen molar-refractivity contribution in [1.82, 2.24) is 9.55 Å². The third-order valence-corrected chi connectivity index (χ3v) is 8.11. The Balaban J connectivity index is 1.68. The van der Waals surface area contributed by atoms with Crippen molar-refractivity contribution < 1.29 is 4.21 Å². The number of benzene rings is 2. The Kier molecular flexibility index (Phi) is 6.44. The monoisotopic (exact) mass is 482 g/mol. The molecule has 1 N–H and O–H groups in total. The Hall–Kier alpha value is -3.43. The van der Waals surface area contributed by atoms with Crippen LogP contribution in [0.4, 0.5) is 5.69 Å². The van der Waals surface area contributed by atoms with Crippen LogP contribution in [0.1, 0.15) is 55.3 Å². The van der Waals surface area contributed by atoms with E-state index in [-0.39, 0.29) is 0 Å². The summed E-state index contributed by atoms with van der Waals surface area (Å²) in [5.41, 5.74) is 8.92. The van der Waals surface area contributed by atoms with E-state index in [1.165, 1.54) is 12.0 Å². The molecule has 2 heterocycles. The van der Waals surface area contributed by atoms with Gasteiger partial charge < -0.3 is 9.29 Å². The number of aromatic nitrogens is 2. The highest BCUT2D eigenvalue weighted by Gasteiger charge is 2.28. The highest BCUT2D eigenvalue weighted by molar-refractivity contribution is 7.86. The standard InChI is InChI=1S/C29H30N4OS/c1-4-14-35(34)32-22-9-11-24(20(3)16-22)29-26(18-30)25-10-8-21(27-15-19(2)12-13-31-27)17-28(25)33(29)23-6-5-7-23/h8-13,15-17,23,32H,4-7,14H2,1-3H3. The molecule has 0 bridgehead atoms. The summed E-state index contributed by atoms with van der Waals surface area (Å²) in [4.78, 5) is 4.59. The minimum Gasteiger partial charge on any atom is -0.336 e. The van der Waals surface area contributed by atoms with Gasteiger partial charge >= 0.3 is 0 Å². The number of fused-ring (bicyclic) bond motifs is 1. The third kappa shape index (κ3) is 4.37. The number of hydrogen-bond acceptors (Lipinski definition) is 3. The number of rotatable bonds is 7. The first-order valence-corrected chi connectivity index (χ1v) is 13.6. The number of nitrogens with one attached hydrogen (secondary N) is 1. The fourth-order valence-electron chi connectivity index (χ4n) is 4.93. The lowest BCUT2D eigenvalue weighted by atomic mass is 9.91. The molecule has 0 aliphatic heterocycles. The second kappa shape index (κ2) is 9.67.